The predicted molar refractivity (Wildman–Crippen MR) is 128 cm³/mol. The molecule has 2 nitrogen and oxygen atoms in total. The molecule has 0 saturated heterocycles. The number of hydrogen-bond donors (Lipinski definition) is 1. The van der Waals surface area contributed by atoms with Gasteiger partial charge in [-0.1, -0.05) is 59.7 Å². The van der Waals surface area contributed by atoms with Gasteiger partial charge in [-0.3, -0.25) is 4.99 Å². The van der Waals surface area contributed by atoms with Gasteiger partial charge in [-0.2, -0.15) is 0 Å². The predicted octanol–water partition coefficient (Wildman–Crippen LogP) is 6.68. The average Bonchev–Trinajstić information content (AvgIpc) is 3.17. The molecule has 1 N–H and O–H groups in total. The van der Waals surface area contributed by atoms with Crippen LogP contribution in [0.15, 0.2) is 53.5 Å². The van der Waals surface area contributed by atoms with E-state index < -0.39 is 0 Å². The van der Waals surface area contributed by atoms with Gasteiger partial charge in [0.05, 0.1) is 6.04 Å². The van der Waals surface area contributed by atoms with Gasteiger partial charge in [0.15, 0.2) is 0 Å². The Balaban J connectivity index is 1.85. The van der Waals surface area contributed by atoms with Crippen molar-refractivity contribution in [1.29, 1.82) is 0 Å². The molecule has 0 aromatic heterocycles. The third kappa shape index (κ3) is 3.45. The first-order valence-electron chi connectivity index (χ1n) is 10.8. The first-order chi connectivity index (χ1) is 14.3. The molecule has 1 heterocycles. The van der Waals surface area contributed by atoms with Gasteiger partial charge in [-0.25, -0.2) is 0 Å². The zero-order valence-electron chi connectivity index (χ0n) is 19.2. The largest absolute Gasteiger partial charge is 0.361 e. The Kier molecular flexibility index (Phi) is 5.27. The van der Waals surface area contributed by atoms with Gasteiger partial charge < -0.3 is 5.32 Å². The summed E-state index contributed by atoms with van der Waals surface area (Å²) >= 11 is 0. The van der Waals surface area contributed by atoms with E-state index in [9.17, 15) is 0 Å². The van der Waals surface area contributed by atoms with Crippen molar-refractivity contribution in [2.75, 3.05) is 0 Å². The summed E-state index contributed by atoms with van der Waals surface area (Å²) in [6.45, 7) is 15.4. The maximum atomic E-state index is 5.28. The summed E-state index contributed by atoms with van der Waals surface area (Å²) in [6.07, 6.45) is 0. The van der Waals surface area contributed by atoms with E-state index in [2.05, 4.69) is 102 Å². The third-order valence-corrected chi connectivity index (χ3v) is 6.97. The van der Waals surface area contributed by atoms with E-state index in [1.807, 2.05) is 0 Å². The van der Waals surface area contributed by atoms with E-state index in [1.165, 1.54) is 55.6 Å². The summed E-state index contributed by atoms with van der Waals surface area (Å²) in [4.78, 5) is 5.28. The van der Waals surface area contributed by atoms with Crippen molar-refractivity contribution >= 4 is 5.84 Å². The van der Waals surface area contributed by atoms with Crippen molar-refractivity contribution in [2.24, 2.45) is 4.99 Å². The van der Waals surface area contributed by atoms with Crippen LogP contribution < -0.4 is 5.32 Å². The minimum atomic E-state index is 0.0593. The Hall–Kier alpha value is -2.87. The van der Waals surface area contributed by atoms with Gasteiger partial charge in [-0.15, -0.1) is 0 Å². The maximum Gasteiger partial charge on any atom is 0.130 e. The van der Waals surface area contributed by atoms with Crippen molar-refractivity contribution in [3.63, 3.8) is 0 Å². The summed E-state index contributed by atoms with van der Waals surface area (Å²) in [5, 5.41) is 3.81. The molecule has 2 atom stereocenters. The standard InChI is InChI=1S/C28H32N2/c1-16-8-12-23(13-9-16)26-27(24-14-10-17(2)11-15-24)30-28(29-26)25-21(6)19(4)18(3)20(5)22(25)7/h8-15,26-27H,1-7H3,(H,29,30)/t26-,27+. The average molecular weight is 397 g/mol. The van der Waals surface area contributed by atoms with Crippen LogP contribution in [0.5, 0.6) is 0 Å². The fourth-order valence-electron chi connectivity index (χ4n) is 4.54. The smallest absolute Gasteiger partial charge is 0.130 e. The second-order valence-corrected chi connectivity index (χ2v) is 8.87. The van der Waals surface area contributed by atoms with Crippen LogP contribution in [-0.2, 0) is 0 Å². The van der Waals surface area contributed by atoms with Crippen molar-refractivity contribution in [1.82, 2.24) is 5.32 Å². The van der Waals surface area contributed by atoms with E-state index in [1.54, 1.807) is 0 Å². The van der Waals surface area contributed by atoms with Gasteiger partial charge in [0.25, 0.3) is 0 Å². The number of nitrogens with one attached hydrogen (secondary N) is 1. The minimum absolute atomic E-state index is 0.0593. The molecule has 0 fully saturated rings. The lowest BCUT2D eigenvalue weighted by Gasteiger charge is -2.22. The topological polar surface area (TPSA) is 24.4 Å². The van der Waals surface area contributed by atoms with E-state index in [-0.39, 0.29) is 12.1 Å². The molecule has 154 valence electrons. The molecule has 0 unspecified atom stereocenters. The van der Waals surface area contributed by atoms with E-state index in [0.717, 1.165) is 5.84 Å². The highest BCUT2D eigenvalue weighted by molar-refractivity contribution is 6.03. The highest BCUT2D eigenvalue weighted by Gasteiger charge is 2.33. The zero-order chi connectivity index (χ0) is 21.6. The molecule has 1 aliphatic heterocycles. The van der Waals surface area contributed by atoms with E-state index >= 15 is 0 Å². The molecule has 0 amide bonds. The Bertz CT molecular complexity index is 1090. The van der Waals surface area contributed by atoms with Crippen LogP contribution in [0, 0.1) is 48.5 Å². The molecule has 0 saturated carbocycles. The summed E-state index contributed by atoms with van der Waals surface area (Å²) in [7, 11) is 0. The number of aliphatic imine (C=N–C) groups is 1. The summed E-state index contributed by atoms with van der Waals surface area (Å²) < 4.78 is 0. The molecular weight excluding hydrogens is 364 g/mol. The molecule has 0 bridgehead atoms. The minimum Gasteiger partial charge on any atom is -0.361 e. The first kappa shape index (κ1) is 20.4. The van der Waals surface area contributed by atoms with Crippen molar-refractivity contribution in [3.05, 3.63) is 104 Å². The molecule has 0 spiro atoms. The Morgan fingerprint density at radius 1 is 0.567 bits per heavy atom. The maximum absolute atomic E-state index is 5.28. The van der Waals surface area contributed by atoms with Crippen molar-refractivity contribution < 1.29 is 0 Å². The Morgan fingerprint density at radius 3 is 1.50 bits per heavy atom. The Labute approximate surface area is 181 Å². The van der Waals surface area contributed by atoms with E-state index in [4.69, 9.17) is 4.99 Å². The van der Waals surface area contributed by atoms with Gasteiger partial charge in [0.1, 0.15) is 11.9 Å². The molecule has 0 radical (unpaired) electrons. The number of nitrogens with zero attached hydrogens (tertiary/aromatic N) is 1. The quantitative estimate of drug-likeness (QED) is 0.525. The van der Waals surface area contributed by atoms with Crippen LogP contribution in [0.25, 0.3) is 0 Å². The highest BCUT2D eigenvalue weighted by Crippen LogP contribution is 2.39. The van der Waals surface area contributed by atoms with E-state index in [0.29, 0.717) is 0 Å². The molecule has 30 heavy (non-hydrogen) atoms. The fourth-order valence-corrected chi connectivity index (χ4v) is 4.54. The number of aryl methyl sites for hydroxylation is 2. The van der Waals surface area contributed by atoms with Crippen LogP contribution in [0.4, 0.5) is 0 Å². The molecule has 1 aliphatic rings. The number of benzene rings is 3. The summed E-state index contributed by atoms with van der Waals surface area (Å²) in [5.41, 5.74) is 13.1. The normalized spacial score (nSPS) is 18.3. The Morgan fingerprint density at radius 2 is 1.00 bits per heavy atom. The monoisotopic (exact) mass is 396 g/mol. The third-order valence-electron chi connectivity index (χ3n) is 6.97. The number of amidine groups is 1. The van der Waals surface area contributed by atoms with Crippen LogP contribution in [0.1, 0.15) is 67.7 Å². The molecule has 0 aliphatic carbocycles. The second-order valence-electron chi connectivity index (χ2n) is 8.87. The van der Waals surface area contributed by atoms with Crippen LogP contribution in [0.2, 0.25) is 0 Å². The summed E-state index contributed by atoms with van der Waals surface area (Å²) in [6, 6.07) is 17.9. The van der Waals surface area contributed by atoms with Gasteiger partial charge >= 0.3 is 0 Å². The lowest BCUT2D eigenvalue weighted by atomic mass is 9.89. The molecule has 4 rings (SSSR count). The van der Waals surface area contributed by atoms with Crippen LogP contribution in [-0.4, -0.2) is 5.84 Å². The second kappa shape index (κ2) is 7.75. The molecule has 3 aromatic carbocycles. The lowest BCUT2D eigenvalue weighted by Crippen LogP contribution is -2.27. The molecule has 2 heteroatoms. The molecular formula is C28H32N2. The van der Waals surface area contributed by atoms with Crippen LogP contribution in [0.3, 0.4) is 0 Å². The van der Waals surface area contributed by atoms with Gasteiger partial charge in [0.2, 0.25) is 0 Å². The van der Waals surface area contributed by atoms with Crippen molar-refractivity contribution in [3.8, 4) is 0 Å². The lowest BCUT2D eigenvalue weighted by molar-refractivity contribution is 0.572. The fraction of sp³-hybridized carbons (Fsp3) is 0.321. The zero-order valence-corrected chi connectivity index (χ0v) is 19.2. The van der Waals surface area contributed by atoms with Gasteiger partial charge in [-0.05, 0) is 87.4 Å². The molecule has 3 aromatic rings. The highest BCUT2D eigenvalue weighted by atomic mass is 15.1. The van der Waals surface area contributed by atoms with Gasteiger partial charge in [0, 0.05) is 5.56 Å². The van der Waals surface area contributed by atoms with Crippen LogP contribution >= 0.6 is 0 Å². The number of rotatable bonds is 3. The first-order valence-corrected chi connectivity index (χ1v) is 10.8. The number of hydrogen-bond acceptors (Lipinski definition) is 2. The van der Waals surface area contributed by atoms with Crippen molar-refractivity contribution in [2.45, 2.75) is 60.5 Å². The SMILES string of the molecule is Cc1ccc([C@H]2N=C(c3c(C)c(C)c(C)c(C)c3C)N[C@H]2c2ccc(C)cc2)cc1. The summed E-state index contributed by atoms with van der Waals surface area (Å²) in [5.74, 6) is 1.02.